The number of nitrogens with one attached hydrogen (secondary N) is 3. The van der Waals surface area contributed by atoms with Crippen LogP contribution in [-0.4, -0.2) is 84.3 Å². The van der Waals surface area contributed by atoms with Crippen LogP contribution in [0, 0.1) is 23.2 Å². The van der Waals surface area contributed by atoms with E-state index in [4.69, 9.17) is 9.47 Å². The van der Waals surface area contributed by atoms with Gasteiger partial charge in [-0.25, -0.2) is 9.59 Å². The van der Waals surface area contributed by atoms with Crippen LogP contribution in [0.4, 0.5) is 4.79 Å². The van der Waals surface area contributed by atoms with E-state index in [0.717, 1.165) is 5.57 Å². The molecule has 4 atom stereocenters. The number of amides is 5. The third-order valence-corrected chi connectivity index (χ3v) is 9.34. The number of Topliss-reactive ketones (excluding diaryl/α,β-unsaturated/α-hetero) is 1. The smallest absolute Gasteiger partial charge is 0.407 e. The number of cyclic esters (lactones) is 1. The fourth-order valence-electron chi connectivity index (χ4n) is 6.00. The monoisotopic (exact) mass is 802 g/mol. The number of alkyl carbamates (subject to hydrolysis) is 1. The van der Waals surface area contributed by atoms with Crippen LogP contribution in [-0.2, 0) is 38.2 Å². The second-order valence-electron chi connectivity index (χ2n) is 15.5. The first-order valence-corrected chi connectivity index (χ1v) is 20.0. The summed E-state index contributed by atoms with van der Waals surface area (Å²) >= 11 is 0. The first-order valence-electron chi connectivity index (χ1n) is 20.0. The standard InChI is InChI=1S/C45H62N4O9/c1-8-9-19-35(57-44(56)47-29-17-28-46-38(51)22-11-10-16-30-49-40(53)26-27-41(49)54)20-13-14-21-36(50)42(45(5,6)7)48-39(52)23-15-12-18-32(2)31-34(4)37-25-24-33(3)43(55)58-37/h12-15,18,23-24,26-27,31,34-35,37,42H,10-11,16-17,19-22,25,28-30H2,1-7H3,(H,46,51)(H,47,56)(H,48,52)/b14-13-,18-12-,23-15-,32-31+/t34-,35-,37-,42+/m0/s1. The lowest BCUT2D eigenvalue weighted by molar-refractivity contribution is -0.147. The van der Waals surface area contributed by atoms with Crippen molar-refractivity contribution in [1.29, 1.82) is 0 Å². The summed E-state index contributed by atoms with van der Waals surface area (Å²) in [5.74, 6) is 4.19. The summed E-state index contributed by atoms with van der Waals surface area (Å²) in [6.07, 6.45) is 19.3. The fourth-order valence-corrected chi connectivity index (χ4v) is 6.00. The largest absolute Gasteiger partial charge is 0.458 e. The second-order valence-corrected chi connectivity index (χ2v) is 15.5. The van der Waals surface area contributed by atoms with Crippen LogP contribution < -0.4 is 16.0 Å². The van der Waals surface area contributed by atoms with E-state index in [9.17, 15) is 33.6 Å². The first kappa shape index (κ1) is 48.6. The van der Waals surface area contributed by atoms with E-state index in [1.807, 2.05) is 52.8 Å². The highest BCUT2D eigenvalue weighted by Gasteiger charge is 2.31. The number of esters is 1. The fraction of sp³-hybridized carbons (Fsp3) is 0.533. The molecule has 0 aromatic rings. The summed E-state index contributed by atoms with van der Waals surface area (Å²) in [4.78, 5) is 86.9. The van der Waals surface area contributed by atoms with E-state index < -0.39 is 29.6 Å². The molecule has 0 aromatic heterocycles. The number of carbonyl (C=O) groups excluding carboxylic acids is 7. The number of allylic oxidation sites excluding steroid dienone is 5. The second kappa shape index (κ2) is 25.7. The van der Waals surface area contributed by atoms with Crippen molar-refractivity contribution in [2.45, 2.75) is 125 Å². The van der Waals surface area contributed by atoms with Crippen molar-refractivity contribution in [3.63, 3.8) is 0 Å². The highest BCUT2D eigenvalue weighted by atomic mass is 16.6. The number of hydrogen-bond donors (Lipinski definition) is 3. The van der Waals surface area contributed by atoms with E-state index in [0.29, 0.717) is 76.6 Å². The molecular formula is C45H62N4O9. The van der Waals surface area contributed by atoms with Gasteiger partial charge in [0.15, 0.2) is 5.78 Å². The van der Waals surface area contributed by atoms with Crippen molar-refractivity contribution in [1.82, 2.24) is 20.9 Å². The van der Waals surface area contributed by atoms with Crippen LogP contribution in [0.5, 0.6) is 0 Å². The predicted octanol–water partition coefficient (Wildman–Crippen LogP) is 5.88. The predicted molar refractivity (Wildman–Crippen MR) is 223 cm³/mol. The first-order chi connectivity index (χ1) is 27.5. The van der Waals surface area contributed by atoms with Crippen LogP contribution in [0.15, 0.2) is 71.9 Å². The zero-order valence-electron chi connectivity index (χ0n) is 35.2. The Kier molecular flexibility index (Phi) is 21.5. The van der Waals surface area contributed by atoms with E-state index >= 15 is 0 Å². The van der Waals surface area contributed by atoms with Gasteiger partial charge in [0.05, 0.1) is 6.04 Å². The van der Waals surface area contributed by atoms with Gasteiger partial charge in [0.1, 0.15) is 12.2 Å². The van der Waals surface area contributed by atoms with Gasteiger partial charge in [-0.05, 0) is 45.4 Å². The minimum absolute atomic E-state index is 0.0220. The van der Waals surface area contributed by atoms with Crippen molar-refractivity contribution < 1.29 is 43.0 Å². The summed E-state index contributed by atoms with van der Waals surface area (Å²) < 4.78 is 11.1. The van der Waals surface area contributed by atoms with Crippen molar-refractivity contribution in [2.75, 3.05) is 19.6 Å². The van der Waals surface area contributed by atoms with Crippen molar-refractivity contribution in [2.24, 2.45) is 11.3 Å². The number of ketones is 1. The topological polar surface area (TPSA) is 177 Å². The molecule has 0 unspecified atom stereocenters. The third kappa shape index (κ3) is 19.1. The van der Waals surface area contributed by atoms with E-state index in [-0.39, 0.29) is 47.9 Å². The molecule has 2 rings (SSSR count). The quantitative estimate of drug-likeness (QED) is 0.0217. The van der Waals surface area contributed by atoms with Crippen LogP contribution in [0.1, 0.15) is 106 Å². The van der Waals surface area contributed by atoms with Crippen LogP contribution in [0.3, 0.4) is 0 Å². The number of imide groups is 1. The zero-order chi connectivity index (χ0) is 43.1. The van der Waals surface area contributed by atoms with Crippen LogP contribution in [0.25, 0.3) is 0 Å². The number of ether oxygens (including phenoxy) is 2. The molecule has 2 aliphatic rings. The average Bonchev–Trinajstić information content (AvgIpc) is 3.48. The van der Waals surface area contributed by atoms with Gasteiger partial charge in [-0.1, -0.05) is 88.1 Å². The molecule has 0 aromatic carbocycles. The summed E-state index contributed by atoms with van der Waals surface area (Å²) in [5.41, 5.74) is 1.04. The normalized spacial score (nSPS) is 17.5. The Labute approximate surface area is 343 Å². The molecule has 0 radical (unpaired) electrons. The van der Waals surface area contributed by atoms with Gasteiger partial charge >= 0.3 is 12.1 Å². The molecule has 13 heteroatoms. The van der Waals surface area contributed by atoms with Gasteiger partial charge in [-0.2, -0.15) is 0 Å². The number of hydrogen-bond acceptors (Lipinski definition) is 9. The molecule has 0 saturated carbocycles. The average molecular weight is 803 g/mol. The molecule has 316 valence electrons. The summed E-state index contributed by atoms with van der Waals surface area (Å²) in [7, 11) is 0. The van der Waals surface area contributed by atoms with Gasteiger partial charge in [0, 0.05) is 81.5 Å². The molecule has 2 heterocycles. The number of carbonyl (C=O) groups is 7. The van der Waals surface area contributed by atoms with Gasteiger partial charge in [-0.15, -0.1) is 5.92 Å². The Morgan fingerprint density at radius 2 is 1.67 bits per heavy atom. The number of nitrogens with zero attached hydrogens (tertiary/aromatic N) is 1. The summed E-state index contributed by atoms with van der Waals surface area (Å²) in [6.45, 7) is 14.0. The maximum Gasteiger partial charge on any atom is 0.407 e. The Morgan fingerprint density at radius 1 is 0.983 bits per heavy atom. The maximum atomic E-state index is 13.3. The molecule has 5 amide bonds. The van der Waals surface area contributed by atoms with Crippen LogP contribution >= 0.6 is 0 Å². The molecule has 3 N–H and O–H groups in total. The Balaban J connectivity index is 1.72. The Bertz CT molecular complexity index is 1700. The molecule has 2 aliphatic heterocycles. The molecular weight excluding hydrogens is 741 g/mol. The minimum Gasteiger partial charge on any atom is -0.458 e. The molecule has 0 bridgehead atoms. The Hall–Kier alpha value is -5.51. The van der Waals surface area contributed by atoms with Gasteiger partial charge in [0.25, 0.3) is 11.8 Å². The van der Waals surface area contributed by atoms with E-state index in [1.165, 1.54) is 23.1 Å². The number of rotatable bonds is 23. The lowest BCUT2D eigenvalue weighted by Crippen LogP contribution is -2.48. The van der Waals surface area contributed by atoms with Gasteiger partial charge < -0.3 is 25.4 Å². The van der Waals surface area contributed by atoms with E-state index in [2.05, 4.69) is 27.8 Å². The molecule has 0 fully saturated rings. The lowest BCUT2D eigenvalue weighted by atomic mass is 9.83. The zero-order valence-corrected chi connectivity index (χ0v) is 35.2. The molecule has 0 saturated heterocycles. The van der Waals surface area contributed by atoms with Crippen LogP contribution in [0.2, 0.25) is 0 Å². The molecule has 0 spiro atoms. The lowest BCUT2D eigenvalue weighted by Gasteiger charge is -2.29. The molecule has 13 nitrogen and oxygen atoms in total. The van der Waals surface area contributed by atoms with Crippen molar-refractivity contribution in [3.05, 3.63) is 71.9 Å². The summed E-state index contributed by atoms with van der Waals surface area (Å²) in [5, 5.41) is 8.34. The number of unbranched alkanes of at least 4 members (excludes halogenated alkanes) is 2. The molecule has 58 heavy (non-hydrogen) atoms. The van der Waals surface area contributed by atoms with Gasteiger partial charge in [0.2, 0.25) is 11.8 Å². The maximum absolute atomic E-state index is 13.3. The highest BCUT2D eigenvalue weighted by Crippen LogP contribution is 2.23. The SMILES string of the molecule is CC#CC[C@@H](C/C=C\CC(=O)[C@@H](NC(=O)\C=C/C=C\C(C)=C\[C@H](C)[C@@H]1CC=C(C)C(=O)O1)C(C)(C)C)OC(=O)NCCCNC(=O)CCCCCN1C(=O)C=CC1=O. The van der Waals surface area contributed by atoms with E-state index in [1.54, 1.807) is 38.2 Å². The van der Waals surface area contributed by atoms with Crippen molar-refractivity contribution in [3.8, 4) is 11.8 Å². The highest BCUT2D eigenvalue weighted by molar-refractivity contribution is 6.12. The minimum atomic E-state index is -0.742. The Morgan fingerprint density at radius 3 is 2.34 bits per heavy atom. The third-order valence-electron chi connectivity index (χ3n) is 9.34. The molecule has 0 aliphatic carbocycles. The van der Waals surface area contributed by atoms with Gasteiger partial charge in [-0.3, -0.25) is 28.9 Å². The summed E-state index contributed by atoms with van der Waals surface area (Å²) in [6, 6.07) is -0.742. The van der Waals surface area contributed by atoms with Crippen molar-refractivity contribution >= 4 is 41.5 Å².